The molecule has 0 spiro atoms. The van der Waals surface area contributed by atoms with E-state index in [9.17, 15) is 0 Å². The van der Waals surface area contributed by atoms with Crippen molar-refractivity contribution in [2.45, 2.75) is 19.1 Å². The Morgan fingerprint density at radius 2 is 1.88 bits per heavy atom. The summed E-state index contributed by atoms with van der Waals surface area (Å²) in [5, 5.41) is 8.12. The molecule has 6 nitrogen and oxygen atoms in total. The van der Waals surface area contributed by atoms with Crippen molar-refractivity contribution >= 4 is 27.6 Å². The second-order valence-electron chi connectivity index (χ2n) is 8.18. The predicted octanol–water partition coefficient (Wildman–Crippen LogP) is 5.92. The number of hydrogen-bond donors (Lipinski definition) is 1. The summed E-state index contributed by atoms with van der Waals surface area (Å²) in [7, 11) is 1.69. The van der Waals surface area contributed by atoms with Crippen molar-refractivity contribution < 1.29 is 9.47 Å². The Bertz CT molecular complexity index is 1390. The highest BCUT2D eigenvalue weighted by atomic mass is 79.9. The molecule has 2 aliphatic heterocycles. The molecule has 0 saturated heterocycles. The molecule has 0 aliphatic carbocycles. The summed E-state index contributed by atoms with van der Waals surface area (Å²) in [6, 6.07) is 22.4. The topological polar surface area (TPSA) is 61.2 Å². The molecule has 2 atom stereocenters. The first-order valence-corrected chi connectivity index (χ1v) is 11.5. The molecule has 4 aromatic rings. The Balaban J connectivity index is 1.65. The third kappa shape index (κ3) is 3.23. The number of halogens is 1. The number of anilines is 1. The van der Waals surface area contributed by atoms with Crippen molar-refractivity contribution in [3.8, 4) is 11.5 Å². The second kappa shape index (κ2) is 7.78. The summed E-state index contributed by atoms with van der Waals surface area (Å²) in [4.78, 5) is 4.49. The Hall–Kier alpha value is -3.58. The molecular weight excluding hydrogens is 480 g/mol. The van der Waals surface area contributed by atoms with E-state index in [-0.39, 0.29) is 6.04 Å². The average molecular weight is 501 g/mol. The fourth-order valence-corrected chi connectivity index (χ4v) is 5.03. The first-order valence-electron chi connectivity index (χ1n) is 10.7. The minimum absolute atomic E-state index is 0.193. The Morgan fingerprint density at radius 3 is 2.70 bits per heavy atom. The number of benzene rings is 3. The standard InChI is InChI=1S/C26H21BrN4O2/c1-15-7-9-16(10-8-15)24-22-23(30-26-28-14-29-31(24)26)18-5-3-4-6-21(18)33-25(22)19-13-17(27)11-12-20(19)32-2/h3-14,24-25H,1-2H3,(H,28,29,30)/t24-,25+/m1/s1. The molecule has 7 heteroatoms. The number of ether oxygens (including phenoxy) is 2. The number of aromatic nitrogens is 3. The molecule has 0 unspecified atom stereocenters. The fourth-order valence-electron chi connectivity index (χ4n) is 4.66. The van der Waals surface area contributed by atoms with Crippen LogP contribution >= 0.6 is 15.9 Å². The third-order valence-corrected chi connectivity index (χ3v) is 6.68. The number of hydrogen-bond acceptors (Lipinski definition) is 5. The van der Waals surface area contributed by atoms with Gasteiger partial charge < -0.3 is 14.8 Å². The molecule has 0 fully saturated rings. The maximum absolute atomic E-state index is 6.69. The Morgan fingerprint density at radius 1 is 1.06 bits per heavy atom. The van der Waals surface area contributed by atoms with E-state index in [4.69, 9.17) is 9.47 Å². The van der Waals surface area contributed by atoms with E-state index in [1.165, 1.54) is 5.56 Å². The lowest BCUT2D eigenvalue weighted by Gasteiger charge is -2.39. The van der Waals surface area contributed by atoms with Crippen LogP contribution < -0.4 is 14.8 Å². The number of aryl methyl sites for hydroxylation is 1. The molecule has 0 amide bonds. The van der Waals surface area contributed by atoms with Crippen LogP contribution in [0.4, 0.5) is 5.95 Å². The molecule has 1 N–H and O–H groups in total. The van der Waals surface area contributed by atoms with Gasteiger partial charge in [0.05, 0.1) is 12.8 Å². The number of nitrogens with zero attached hydrogens (tertiary/aromatic N) is 3. The Labute approximate surface area is 200 Å². The lowest BCUT2D eigenvalue weighted by atomic mass is 9.84. The van der Waals surface area contributed by atoms with Gasteiger partial charge in [0.1, 0.15) is 23.9 Å². The quantitative estimate of drug-likeness (QED) is 0.378. The van der Waals surface area contributed by atoms with Gasteiger partial charge in [-0.25, -0.2) is 4.68 Å². The summed E-state index contributed by atoms with van der Waals surface area (Å²) in [5.41, 5.74) is 6.32. The molecule has 3 aromatic carbocycles. The molecular formula is C26H21BrN4O2. The van der Waals surface area contributed by atoms with Gasteiger partial charge in [-0.15, -0.1) is 0 Å². The third-order valence-electron chi connectivity index (χ3n) is 6.19. The average Bonchev–Trinajstić information content (AvgIpc) is 3.31. The molecule has 1 aromatic heterocycles. The highest BCUT2D eigenvalue weighted by molar-refractivity contribution is 9.10. The van der Waals surface area contributed by atoms with Crippen LogP contribution in [0, 0.1) is 6.92 Å². The summed E-state index contributed by atoms with van der Waals surface area (Å²) in [5.74, 6) is 2.28. The number of rotatable bonds is 3. The first kappa shape index (κ1) is 20.1. The number of para-hydroxylation sites is 1. The van der Waals surface area contributed by atoms with Crippen molar-refractivity contribution in [2.75, 3.05) is 12.4 Å². The van der Waals surface area contributed by atoms with Gasteiger partial charge in [-0.1, -0.05) is 57.9 Å². The SMILES string of the molecule is COc1ccc(Br)cc1[C@@H]1Oc2ccccc2C2=C1[C@@H](c1ccc(C)cc1)n1ncnc1N2. The normalized spacial score (nSPS) is 18.5. The van der Waals surface area contributed by atoms with Gasteiger partial charge >= 0.3 is 0 Å². The van der Waals surface area contributed by atoms with Gasteiger partial charge in [0, 0.05) is 21.2 Å². The molecule has 0 bridgehead atoms. The van der Waals surface area contributed by atoms with E-state index in [2.05, 4.69) is 74.7 Å². The van der Waals surface area contributed by atoms with Gasteiger partial charge in [0.15, 0.2) is 6.10 Å². The van der Waals surface area contributed by atoms with E-state index in [1.54, 1.807) is 13.4 Å². The maximum atomic E-state index is 6.69. The van der Waals surface area contributed by atoms with E-state index in [0.29, 0.717) is 5.95 Å². The van der Waals surface area contributed by atoms with Crippen molar-refractivity contribution in [1.82, 2.24) is 14.8 Å². The zero-order chi connectivity index (χ0) is 22.5. The predicted molar refractivity (Wildman–Crippen MR) is 130 cm³/mol. The summed E-state index contributed by atoms with van der Waals surface area (Å²) in [6.45, 7) is 2.09. The first-order chi connectivity index (χ1) is 16.1. The summed E-state index contributed by atoms with van der Waals surface area (Å²) < 4.78 is 15.3. The zero-order valence-electron chi connectivity index (χ0n) is 18.1. The van der Waals surface area contributed by atoms with Crippen LogP contribution in [0.2, 0.25) is 0 Å². The van der Waals surface area contributed by atoms with Crippen LogP contribution in [-0.2, 0) is 0 Å². The van der Waals surface area contributed by atoms with Crippen LogP contribution in [0.15, 0.2) is 83.1 Å². The molecule has 33 heavy (non-hydrogen) atoms. The highest BCUT2D eigenvalue weighted by Gasteiger charge is 2.41. The van der Waals surface area contributed by atoms with Gasteiger partial charge in [0.25, 0.3) is 0 Å². The largest absolute Gasteiger partial charge is 0.496 e. The molecule has 164 valence electrons. The lowest BCUT2D eigenvalue weighted by Crippen LogP contribution is -2.32. The van der Waals surface area contributed by atoms with E-state index < -0.39 is 6.10 Å². The van der Waals surface area contributed by atoms with Crippen molar-refractivity contribution in [2.24, 2.45) is 0 Å². The summed E-state index contributed by atoms with van der Waals surface area (Å²) >= 11 is 3.63. The highest BCUT2D eigenvalue weighted by Crippen LogP contribution is 2.52. The molecule has 6 rings (SSSR count). The fraction of sp³-hybridized carbons (Fsp3) is 0.154. The van der Waals surface area contributed by atoms with Crippen LogP contribution in [0.25, 0.3) is 5.70 Å². The van der Waals surface area contributed by atoms with E-state index >= 15 is 0 Å². The molecule has 0 radical (unpaired) electrons. The molecule has 0 saturated carbocycles. The number of fused-ring (bicyclic) bond motifs is 3. The minimum atomic E-state index is -0.390. The van der Waals surface area contributed by atoms with E-state index in [1.807, 2.05) is 35.0 Å². The number of nitrogens with one attached hydrogen (secondary N) is 1. The van der Waals surface area contributed by atoms with Crippen LogP contribution in [-0.4, -0.2) is 21.9 Å². The maximum Gasteiger partial charge on any atom is 0.226 e. The minimum Gasteiger partial charge on any atom is -0.496 e. The van der Waals surface area contributed by atoms with E-state index in [0.717, 1.165) is 43.9 Å². The molecule has 2 aliphatic rings. The van der Waals surface area contributed by atoms with Crippen LogP contribution in [0.1, 0.15) is 34.4 Å². The monoisotopic (exact) mass is 500 g/mol. The van der Waals surface area contributed by atoms with Gasteiger partial charge in [-0.05, 0) is 42.8 Å². The zero-order valence-corrected chi connectivity index (χ0v) is 19.7. The number of methoxy groups -OCH3 is 1. The van der Waals surface area contributed by atoms with Crippen molar-refractivity contribution in [1.29, 1.82) is 0 Å². The van der Waals surface area contributed by atoms with Gasteiger partial charge in [-0.3, -0.25) is 0 Å². The lowest BCUT2D eigenvalue weighted by molar-refractivity contribution is 0.217. The van der Waals surface area contributed by atoms with Crippen LogP contribution in [0.5, 0.6) is 11.5 Å². The smallest absolute Gasteiger partial charge is 0.226 e. The summed E-state index contributed by atoms with van der Waals surface area (Å²) in [6.07, 6.45) is 1.20. The Kier molecular flexibility index (Phi) is 4.73. The van der Waals surface area contributed by atoms with Crippen molar-refractivity contribution in [3.05, 3.63) is 105 Å². The van der Waals surface area contributed by atoms with Crippen LogP contribution in [0.3, 0.4) is 0 Å². The van der Waals surface area contributed by atoms with Gasteiger partial charge in [0.2, 0.25) is 5.95 Å². The molecule has 3 heterocycles. The van der Waals surface area contributed by atoms with Crippen molar-refractivity contribution in [3.63, 3.8) is 0 Å². The van der Waals surface area contributed by atoms with Gasteiger partial charge in [-0.2, -0.15) is 10.1 Å². The second-order valence-corrected chi connectivity index (χ2v) is 9.09.